The molecular formula is C66H97N7O5. The normalized spacial score (nSPS) is 12.2. The zero-order valence-corrected chi connectivity index (χ0v) is 50.5. The SMILES string of the molecule is C=C.C=C(C)C.C=C(C)CN=C(c1ccc(C)cc1)c1cc(OC)ccc1C.CC.CC.CCc1cccc(C2CCN(C(C)=O)CC2)c1.CN.CN=C(C)N1CCN=C(c2ccc(O)cc2)c2ccc(OC)cc21.NC=O. The summed E-state index contributed by atoms with van der Waals surface area (Å²) in [7, 11) is 6.64. The Morgan fingerprint density at radius 2 is 1.33 bits per heavy atom. The van der Waals surface area contributed by atoms with Crippen molar-refractivity contribution in [1.29, 1.82) is 0 Å². The van der Waals surface area contributed by atoms with Crippen LogP contribution in [0.15, 0.2) is 162 Å². The Hall–Kier alpha value is -7.57. The number of ether oxygens (including phenoxy) is 2. The number of aromatic hydroxyl groups is 1. The second-order valence-corrected chi connectivity index (χ2v) is 17.5. The highest BCUT2D eigenvalue weighted by molar-refractivity contribution is 6.18. The maximum Gasteiger partial charge on any atom is 0.219 e. The molecule has 12 nitrogen and oxygen atoms in total. The van der Waals surface area contributed by atoms with Gasteiger partial charge in [0.05, 0.1) is 50.3 Å². The van der Waals surface area contributed by atoms with Gasteiger partial charge in [-0.3, -0.25) is 24.6 Å². The van der Waals surface area contributed by atoms with Gasteiger partial charge in [-0.25, -0.2) is 0 Å². The van der Waals surface area contributed by atoms with Crippen LogP contribution in [-0.2, 0) is 16.0 Å². The molecule has 5 N–H and O–H groups in total. The number of aliphatic imine (C=N–C) groups is 3. The largest absolute Gasteiger partial charge is 0.508 e. The van der Waals surface area contributed by atoms with Crippen molar-refractivity contribution in [1.82, 2.24) is 4.90 Å². The number of methoxy groups -OCH3 is 2. The Kier molecular flexibility index (Phi) is 39.5. The third-order valence-corrected chi connectivity index (χ3v) is 11.5. The number of phenols is 1. The number of benzene rings is 5. The van der Waals surface area contributed by atoms with E-state index in [9.17, 15) is 9.90 Å². The van der Waals surface area contributed by atoms with Crippen molar-refractivity contribution in [3.05, 3.63) is 191 Å². The Labute approximate surface area is 471 Å². The Bertz CT molecular complexity index is 2590. The van der Waals surface area contributed by atoms with Gasteiger partial charge in [0.1, 0.15) is 17.2 Å². The molecule has 12 heteroatoms. The van der Waals surface area contributed by atoms with Gasteiger partial charge in [-0.05, 0) is 139 Å². The summed E-state index contributed by atoms with van der Waals surface area (Å²) in [5.74, 6) is 3.68. The maximum atomic E-state index is 11.3. The average Bonchev–Trinajstić information content (AvgIpc) is 3.66. The number of benzodiazepines with no additional fused rings is 1. The lowest BCUT2D eigenvalue weighted by atomic mass is 9.88. The number of amidine groups is 1. The van der Waals surface area contributed by atoms with Crippen LogP contribution in [0.25, 0.3) is 0 Å². The lowest BCUT2D eigenvalue weighted by Crippen LogP contribution is -2.36. The molecule has 0 atom stereocenters. The van der Waals surface area contributed by atoms with Crippen LogP contribution in [0.3, 0.4) is 0 Å². The van der Waals surface area contributed by atoms with E-state index < -0.39 is 0 Å². The number of allylic oxidation sites excluding steroid dienone is 1. The topological polar surface area (TPSA) is 168 Å². The number of anilines is 1. The fourth-order valence-electron chi connectivity index (χ4n) is 7.69. The van der Waals surface area contributed by atoms with Crippen molar-refractivity contribution >= 4 is 35.3 Å². The Balaban J connectivity index is 0. The molecule has 7 rings (SSSR count). The smallest absolute Gasteiger partial charge is 0.219 e. The average molecular weight is 1070 g/mol. The minimum absolute atomic E-state index is 0.214. The molecule has 2 heterocycles. The molecule has 0 spiro atoms. The zero-order valence-electron chi connectivity index (χ0n) is 50.5. The number of carbonyl (C=O) groups excluding carboxylic acids is 2. The van der Waals surface area contributed by atoms with Crippen molar-refractivity contribution in [2.75, 3.05) is 65.9 Å². The van der Waals surface area contributed by atoms with Crippen LogP contribution >= 0.6 is 0 Å². The summed E-state index contributed by atoms with van der Waals surface area (Å²) in [5.41, 5.74) is 23.3. The summed E-state index contributed by atoms with van der Waals surface area (Å²) in [4.78, 5) is 37.9. The third-order valence-electron chi connectivity index (χ3n) is 11.5. The molecule has 2 amide bonds. The number of rotatable bonds is 9. The van der Waals surface area contributed by atoms with Gasteiger partial charge in [0.15, 0.2) is 0 Å². The highest BCUT2D eigenvalue weighted by atomic mass is 16.5. The first-order chi connectivity index (χ1) is 37.5. The molecule has 0 aromatic heterocycles. The summed E-state index contributed by atoms with van der Waals surface area (Å²) >= 11 is 0. The number of likely N-dealkylation sites (tertiary alicyclic amines) is 1. The minimum atomic E-state index is 0.214. The van der Waals surface area contributed by atoms with Crippen LogP contribution in [0, 0.1) is 13.8 Å². The number of hydrogen-bond donors (Lipinski definition) is 3. The zero-order chi connectivity index (χ0) is 59.8. The number of nitrogens with two attached hydrogens (primary N) is 2. The van der Waals surface area contributed by atoms with E-state index in [1.807, 2.05) is 103 Å². The van der Waals surface area contributed by atoms with Crippen molar-refractivity contribution in [2.45, 2.75) is 108 Å². The van der Waals surface area contributed by atoms with E-state index in [0.29, 0.717) is 19.0 Å². The van der Waals surface area contributed by atoms with Crippen LogP contribution in [0.5, 0.6) is 17.2 Å². The van der Waals surface area contributed by atoms with Crippen LogP contribution in [-0.4, -0.2) is 101 Å². The predicted molar refractivity (Wildman–Crippen MR) is 337 cm³/mol. The number of piperidine rings is 1. The lowest BCUT2D eigenvalue weighted by molar-refractivity contribution is -0.129. The van der Waals surface area contributed by atoms with E-state index in [2.05, 4.69) is 123 Å². The molecule has 5 aromatic carbocycles. The number of fused-ring (bicyclic) bond motifs is 1. The Morgan fingerprint density at radius 3 is 1.83 bits per heavy atom. The van der Waals surface area contributed by atoms with Crippen LogP contribution in [0.1, 0.15) is 133 Å². The number of carbonyl (C=O) groups is 2. The highest BCUT2D eigenvalue weighted by Gasteiger charge is 2.23. The summed E-state index contributed by atoms with van der Waals surface area (Å²) < 4.78 is 10.8. The first-order valence-corrected chi connectivity index (χ1v) is 26.8. The molecule has 2 aliphatic heterocycles. The monoisotopic (exact) mass is 1070 g/mol. The fourth-order valence-corrected chi connectivity index (χ4v) is 7.69. The van der Waals surface area contributed by atoms with Crippen molar-refractivity contribution in [3.8, 4) is 17.2 Å². The first kappa shape index (κ1) is 72.5. The van der Waals surface area contributed by atoms with Crippen LogP contribution in [0.4, 0.5) is 5.69 Å². The molecule has 0 bridgehead atoms. The molecule has 5 aromatic rings. The number of amides is 2. The van der Waals surface area contributed by atoms with Gasteiger partial charge >= 0.3 is 0 Å². The van der Waals surface area contributed by atoms with Gasteiger partial charge in [-0.2, -0.15) is 0 Å². The molecular weight excluding hydrogens is 971 g/mol. The van der Waals surface area contributed by atoms with E-state index in [1.54, 1.807) is 40.3 Å². The fraction of sp³-hybridized carbons (Fsp3) is 0.379. The summed E-state index contributed by atoms with van der Waals surface area (Å²) in [6.45, 7) is 41.4. The second kappa shape index (κ2) is 42.5. The van der Waals surface area contributed by atoms with Gasteiger partial charge in [0, 0.05) is 61.9 Å². The molecule has 0 aliphatic carbocycles. The summed E-state index contributed by atoms with van der Waals surface area (Å²) in [6.07, 6.45) is 3.56. The molecule has 0 saturated carbocycles. The third kappa shape index (κ3) is 26.0. The van der Waals surface area contributed by atoms with Crippen molar-refractivity contribution in [3.63, 3.8) is 0 Å². The number of primary amides is 1. The van der Waals surface area contributed by atoms with Gasteiger partial charge in [0.2, 0.25) is 12.3 Å². The highest BCUT2D eigenvalue weighted by Crippen LogP contribution is 2.32. The van der Waals surface area contributed by atoms with Gasteiger partial charge in [-0.15, -0.1) is 19.7 Å². The lowest BCUT2D eigenvalue weighted by Gasteiger charge is -2.31. The maximum absolute atomic E-state index is 11.3. The number of hydrogen-bond acceptors (Lipinski definition) is 9. The van der Waals surface area contributed by atoms with Gasteiger partial charge < -0.3 is 35.8 Å². The van der Waals surface area contributed by atoms with Crippen molar-refractivity contribution < 1.29 is 24.2 Å². The summed E-state index contributed by atoms with van der Waals surface area (Å²) in [6, 6.07) is 36.6. The van der Waals surface area contributed by atoms with E-state index in [-0.39, 0.29) is 18.1 Å². The van der Waals surface area contributed by atoms with Crippen LogP contribution in [0.2, 0.25) is 0 Å². The first-order valence-electron chi connectivity index (χ1n) is 26.8. The molecule has 78 heavy (non-hydrogen) atoms. The van der Waals surface area contributed by atoms with E-state index in [1.165, 1.54) is 34.9 Å². The molecule has 1 saturated heterocycles. The summed E-state index contributed by atoms with van der Waals surface area (Å²) in [5, 5.41) is 9.54. The number of aryl methyl sites for hydroxylation is 3. The minimum Gasteiger partial charge on any atom is -0.508 e. The molecule has 2 aliphatic rings. The molecule has 1 fully saturated rings. The van der Waals surface area contributed by atoms with Gasteiger partial charge in [0.25, 0.3) is 0 Å². The van der Waals surface area contributed by atoms with E-state index in [0.717, 1.165) is 101 Å². The van der Waals surface area contributed by atoms with Crippen LogP contribution < -0.4 is 25.8 Å². The predicted octanol–water partition coefficient (Wildman–Crippen LogP) is 13.9. The quantitative estimate of drug-likeness (QED) is 0.0571. The molecule has 0 unspecified atom stereocenters. The van der Waals surface area contributed by atoms with Gasteiger partial charge in [-0.1, -0.05) is 113 Å². The number of phenolic OH excluding ortho intramolecular Hbond substituents is 1. The molecule has 426 valence electrons. The van der Waals surface area contributed by atoms with E-state index >= 15 is 0 Å². The standard InChI is InChI=1S/C20H23NO.C19H21N3O2.C15H21NO.C4H8.2C2H6.C2H4.CH3NO.CH5N/c1-14(2)13-21-20(17-9-6-15(3)7-10-17)19-12-18(22-5)11-8-16(19)4;1-13(20-2)22-11-10-21-19(14-4-6-15(23)7-5-14)17-9-8-16(24-3)12-18(17)22;1-3-13-5-4-6-15(11-13)14-7-9-16(10-8-14)12(2)17;1-4(2)3;3*1-2;2-1-3;1-2/h6-12H,1,13H2,2-5H3;4-9,12,23H,10-11H2,1-3H3;4-6,11,14H,3,7-10H2,1-2H3;1H2,2-3H3;2*1-2H3;1-2H2;1H,(H2,2,3);2H2,1H3. The number of nitrogens with zero attached hydrogens (tertiary/aromatic N) is 5. The molecule has 0 radical (unpaired) electrons. The van der Waals surface area contributed by atoms with Crippen molar-refractivity contribution in [2.24, 2.45) is 26.4 Å². The second-order valence-electron chi connectivity index (χ2n) is 17.5. The Morgan fingerprint density at radius 1 is 0.795 bits per heavy atom. The van der Waals surface area contributed by atoms with E-state index in [4.69, 9.17) is 24.3 Å².